The molecule has 30 heavy (non-hydrogen) atoms. The summed E-state index contributed by atoms with van der Waals surface area (Å²) in [6.45, 7) is 5.43. The van der Waals surface area contributed by atoms with Crippen LogP contribution >= 0.6 is 11.6 Å². The van der Waals surface area contributed by atoms with Crippen LogP contribution in [0.5, 0.6) is 0 Å². The molecule has 0 aliphatic carbocycles. The van der Waals surface area contributed by atoms with E-state index in [4.69, 9.17) is 11.6 Å². The van der Waals surface area contributed by atoms with Crippen molar-refractivity contribution in [1.82, 2.24) is 10.2 Å². The van der Waals surface area contributed by atoms with Gasteiger partial charge in [0.2, 0.25) is 5.91 Å². The molecule has 1 heterocycles. The minimum atomic E-state index is -3.94. The van der Waals surface area contributed by atoms with Crippen molar-refractivity contribution in [1.29, 1.82) is 0 Å². The number of likely N-dealkylation sites (tertiary alicyclic amines) is 1. The fourth-order valence-electron chi connectivity index (χ4n) is 3.49. The third-order valence-electron chi connectivity index (χ3n) is 5.55. The van der Waals surface area contributed by atoms with Gasteiger partial charge in [0.1, 0.15) is 6.54 Å². The highest BCUT2D eigenvalue weighted by molar-refractivity contribution is 7.92. The molecule has 0 atom stereocenters. The van der Waals surface area contributed by atoms with Crippen LogP contribution < -0.4 is 9.62 Å². The molecule has 2 aromatic carbocycles. The number of benzene rings is 2. The molecule has 1 saturated heterocycles. The number of hydrogen-bond donors (Lipinski definition) is 1. The van der Waals surface area contributed by atoms with Crippen LogP contribution in [0.25, 0.3) is 0 Å². The molecule has 0 spiro atoms. The van der Waals surface area contributed by atoms with Gasteiger partial charge in [0.05, 0.1) is 10.6 Å². The van der Waals surface area contributed by atoms with Crippen molar-refractivity contribution in [2.75, 3.05) is 31.0 Å². The van der Waals surface area contributed by atoms with Crippen LogP contribution in [0.1, 0.15) is 24.0 Å². The number of halogens is 1. The summed E-state index contributed by atoms with van der Waals surface area (Å²) in [6.07, 6.45) is 1.71. The molecule has 0 radical (unpaired) electrons. The topological polar surface area (TPSA) is 69.7 Å². The minimum absolute atomic E-state index is 0.0635. The number of carbonyl (C=O) groups is 1. The van der Waals surface area contributed by atoms with Crippen LogP contribution in [0.4, 0.5) is 5.69 Å². The Morgan fingerprint density at radius 2 is 1.73 bits per heavy atom. The number of aryl methyl sites for hydroxylation is 2. The Labute approximate surface area is 183 Å². The van der Waals surface area contributed by atoms with E-state index in [0.717, 1.165) is 37.1 Å². The van der Waals surface area contributed by atoms with E-state index in [1.165, 1.54) is 28.6 Å². The lowest BCUT2D eigenvalue weighted by atomic mass is 10.1. The van der Waals surface area contributed by atoms with Crippen LogP contribution in [0.3, 0.4) is 0 Å². The molecule has 1 N–H and O–H groups in total. The summed E-state index contributed by atoms with van der Waals surface area (Å²) in [5.74, 6) is -0.305. The number of amides is 1. The van der Waals surface area contributed by atoms with E-state index in [1.807, 2.05) is 19.9 Å². The van der Waals surface area contributed by atoms with Crippen molar-refractivity contribution < 1.29 is 13.2 Å². The number of hydrogen-bond acceptors (Lipinski definition) is 4. The second-order valence-corrected chi connectivity index (χ2v) is 10.2. The molecular formula is C22H28ClN3O3S. The van der Waals surface area contributed by atoms with Gasteiger partial charge in [0, 0.05) is 11.1 Å². The summed E-state index contributed by atoms with van der Waals surface area (Å²) >= 11 is 5.92. The van der Waals surface area contributed by atoms with Gasteiger partial charge in [-0.25, -0.2) is 8.42 Å². The third-order valence-corrected chi connectivity index (χ3v) is 7.59. The number of anilines is 1. The van der Waals surface area contributed by atoms with Gasteiger partial charge in [-0.1, -0.05) is 17.7 Å². The van der Waals surface area contributed by atoms with Gasteiger partial charge in [0.15, 0.2) is 0 Å². The summed E-state index contributed by atoms with van der Waals surface area (Å²) in [5, 5.41) is 3.46. The Balaban J connectivity index is 1.88. The van der Waals surface area contributed by atoms with Crippen molar-refractivity contribution in [3.63, 3.8) is 0 Å². The highest BCUT2D eigenvalue weighted by atomic mass is 35.5. The maximum Gasteiger partial charge on any atom is 0.264 e. The monoisotopic (exact) mass is 449 g/mol. The largest absolute Gasteiger partial charge is 0.352 e. The number of nitrogens with one attached hydrogen (secondary N) is 1. The van der Waals surface area contributed by atoms with Crippen molar-refractivity contribution in [3.05, 3.63) is 58.6 Å². The minimum Gasteiger partial charge on any atom is -0.352 e. The van der Waals surface area contributed by atoms with Crippen molar-refractivity contribution in [3.8, 4) is 0 Å². The van der Waals surface area contributed by atoms with Crippen LogP contribution in [0.15, 0.2) is 47.4 Å². The number of carbonyl (C=O) groups excluding carboxylic acids is 1. The SMILES string of the molecule is Cc1ccc(N(CC(=O)NC2CCN(C)CC2)S(=O)(=O)c2ccc(Cl)cc2)cc1C. The van der Waals surface area contributed by atoms with Gasteiger partial charge in [-0.05, 0) is 94.4 Å². The maximum atomic E-state index is 13.4. The fraction of sp³-hybridized carbons (Fsp3) is 0.409. The first-order valence-corrected chi connectivity index (χ1v) is 11.8. The summed E-state index contributed by atoms with van der Waals surface area (Å²) in [4.78, 5) is 15.1. The number of sulfonamides is 1. The zero-order chi connectivity index (χ0) is 21.9. The van der Waals surface area contributed by atoms with Crippen molar-refractivity contribution >= 4 is 33.2 Å². The molecule has 1 fully saturated rings. The Kier molecular flexibility index (Phi) is 7.06. The van der Waals surface area contributed by atoms with Gasteiger partial charge < -0.3 is 10.2 Å². The number of piperidine rings is 1. The Morgan fingerprint density at radius 1 is 1.10 bits per heavy atom. The molecular weight excluding hydrogens is 422 g/mol. The molecule has 1 aliphatic rings. The molecule has 8 heteroatoms. The quantitative estimate of drug-likeness (QED) is 0.734. The Morgan fingerprint density at radius 3 is 2.33 bits per heavy atom. The van der Waals surface area contributed by atoms with E-state index in [-0.39, 0.29) is 23.4 Å². The maximum absolute atomic E-state index is 13.4. The summed E-state index contributed by atoms with van der Waals surface area (Å²) in [5.41, 5.74) is 2.48. The molecule has 6 nitrogen and oxygen atoms in total. The number of rotatable bonds is 6. The predicted molar refractivity (Wildman–Crippen MR) is 121 cm³/mol. The highest BCUT2D eigenvalue weighted by Crippen LogP contribution is 2.26. The molecule has 0 bridgehead atoms. The zero-order valence-corrected chi connectivity index (χ0v) is 19.1. The summed E-state index contributed by atoms with van der Waals surface area (Å²) < 4.78 is 28.0. The summed E-state index contributed by atoms with van der Waals surface area (Å²) in [7, 11) is -1.89. The lowest BCUT2D eigenvalue weighted by molar-refractivity contribution is -0.120. The molecule has 3 rings (SSSR count). The zero-order valence-electron chi connectivity index (χ0n) is 17.6. The number of nitrogens with zero attached hydrogens (tertiary/aromatic N) is 2. The van der Waals surface area contributed by atoms with E-state index < -0.39 is 10.0 Å². The first kappa shape index (κ1) is 22.6. The average Bonchev–Trinajstić information content (AvgIpc) is 2.70. The van der Waals surface area contributed by atoms with Gasteiger partial charge in [-0.3, -0.25) is 9.10 Å². The van der Waals surface area contributed by atoms with E-state index in [9.17, 15) is 13.2 Å². The predicted octanol–water partition coefficient (Wildman–Crippen LogP) is 3.36. The molecule has 0 unspecified atom stereocenters. The lowest BCUT2D eigenvalue weighted by Gasteiger charge is -2.30. The summed E-state index contributed by atoms with van der Waals surface area (Å²) in [6, 6.07) is 11.4. The molecule has 2 aromatic rings. The van der Waals surface area contributed by atoms with Crippen molar-refractivity contribution in [2.24, 2.45) is 0 Å². The van der Waals surface area contributed by atoms with Gasteiger partial charge in [0.25, 0.3) is 10.0 Å². The van der Waals surface area contributed by atoms with Crippen LogP contribution in [0.2, 0.25) is 5.02 Å². The van der Waals surface area contributed by atoms with Crippen molar-refractivity contribution in [2.45, 2.75) is 37.6 Å². The van der Waals surface area contributed by atoms with E-state index in [0.29, 0.717) is 10.7 Å². The van der Waals surface area contributed by atoms with Gasteiger partial charge in [-0.2, -0.15) is 0 Å². The molecule has 0 saturated carbocycles. The average molecular weight is 450 g/mol. The second kappa shape index (κ2) is 9.37. The fourth-order valence-corrected chi connectivity index (χ4v) is 5.03. The molecule has 162 valence electrons. The standard InChI is InChI=1S/C22H28ClN3O3S/c1-16-4-7-20(14-17(16)2)26(30(28,29)21-8-5-18(23)6-9-21)15-22(27)24-19-10-12-25(3)13-11-19/h4-9,14,19H,10-13,15H2,1-3H3,(H,24,27). The highest BCUT2D eigenvalue weighted by Gasteiger charge is 2.28. The van der Waals surface area contributed by atoms with E-state index in [2.05, 4.69) is 17.3 Å². The molecule has 0 aromatic heterocycles. The lowest BCUT2D eigenvalue weighted by Crippen LogP contribution is -2.47. The second-order valence-electron chi connectivity index (χ2n) is 7.88. The molecule has 1 aliphatic heterocycles. The van der Waals surface area contributed by atoms with Gasteiger partial charge in [-0.15, -0.1) is 0 Å². The Bertz CT molecular complexity index is 1000. The van der Waals surface area contributed by atoms with E-state index >= 15 is 0 Å². The first-order chi connectivity index (χ1) is 14.2. The molecule has 1 amide bonds. The van der Waals surface area contributed by atoms with Crippen LogP contribution in [0, 0.1) is 13.8 Å². The van der Waals surface area contributed by atoms with Crippen LogP contribution in [-0.2, 0) is 14.8 Å². The van der Waals surface area contributed by atoms with Gasteiger partial charge >= 0.3 is 0 Å². The van der Waals surface area contributed by atoms with Crippen LogP contribution in [-0.4, -0.2) is 51.9 Å². The smallest absolute Gasteiger partial charge is 0.264 e. The third kappa shape index (κ3) is 5.33. The first-order valence-electron chi connectivity index (χ1n) is 10.0. The van der Waals surface area contributed by atoms with E-state index in [1.54, 1.807) is 12.1 Å². The normalized spacial score (nSPS) is 15.7. The Hall–Kier alpha value is -2.09.